The Kier molecular flexibility index (Phi) is 7.58. The molecule has 3 nitrogen and oxygen atoms in total. The van der Waals surface area contributed by atoms with E-state index in [1.165, 1.54) is 0 Å². The largest absolute Gasteiger partial charge is 0.481 e. The molecule has 6 heteroatoms. The molecule has 0 unspecified atom stereocenters. The van der Waals surface area contributed by atoms with Crippen LogP contribution in [0.1, 0.15) is 51.4 Å². The second-order valence-corrected chi connectivity index (χ2v) is 3.94. The molecule has 0 aliphatic heterocycles. The lowest BCUT2D eigenvalue weighted by Crippen LogP contribution is -2.22. The molecule has 1 N–H and O–H groups in total. The number of carbonyl (C=O) groups is 2. The van der Waals surface area contributed by atoms with Gasteiger partial charge in [-0.05, 0) is 12.8 Å². The molecule has 0 amide bonds. The van der Waals surface area contributed by atoms with Crippen LogP contribution in [-0.2, 0) is 9.59 Å². The molecule has 0 saturated carbocycles. The zero-order valence-corrected chi connectivity index (χ0v) is 9.55. The van der Waals surface area contributed by atoms with Crippen LogP contribution < -0.4 is 0 Å². The molecule has 0 aromatic carbocycles. The molecule has 0 aliphatic carbocycles. The van der Waals surface area contributed by atoms with Crippen LogP contribution in [0, 0.1) is 0 Å². The molecule has 0 fully saturated rings. The van der Waals surface area contributed by atoms with Crippen LogP contribution in [0.15, 0.2) is 0 Å². The first kappa shape index (κ1) is 15.9. The number of hydrogen-bond acceptors (Lipinski definition) is 2. The lowest BCUT2D eigenvalue weighted by Gasteiger charge is -2.04. The molecule has 0 aromatic heterocycles. The van der Waals surface area contributed by atoms with Crippen molar-refractivity contribution in [3.63, 3.8) is 0 Å². The average molecular weight is 254 g/mol. The number of carbonyl (C=O) groups excluding carboxylic acids is 1. The molecule has 0 aromatic rings. The van der Waals surface area contributed by atoms with Gasteiger partial charge < -0.3 is 5.11 Å². The van der Waals surface area contributed by atoms with Crippen molar-refractivity contribution in [2.24, 2.45) is 0 Å². The second kappa shape index (κ2) is 8.08. The summed E-state index contributed by atoms with van der Waals surface area (Å²) in [5.74, 6) is -2.50. The summed E-state index contributed by atoms with van der Waals surface area (Å²) in [6, 6.07) is 0. The van der Waals surface area contributed by atoms with Crippen LogP contribution in [0.25, 0.3) is 0 Å². The number of ketones is 1. The number of unbranched alkanes of at least 4 members (excludes halogenated alkanes) is 5. The molecule has 17 heavy (non-hydrogen) atoms. The highest BCUT2D eigenvalue weighted by molar-refractivity contribution is 5.83. The molecular formula is C11H17F3O3. The number of halogens is 3. The Balaban J connectivity index is 3.30. The van der Waals surface area contributed by atoms with Gasteiger partial charge in [0, 0.05) is 12.8 Å². The van der Waals surface area contributed by atoms with Gasteiger partial charge in [-0.1, -0.05) is 25.7 Å². The molecule has 0 spiro atoms. The van der Waals surface area contributed by atoms with Crippen LogP contribution >= 0.6 is 0 Å². The highest BCUT2D eigenvalue weighted by atomic mass is 19.4. The van der Waals surface area contributed by atoms with Gasteiger partial charge in [0.05, 0.1) is 0 Å². The molecule has 0 rings (SSSR count). The Morgan fingerprint density at radius 1 is 0.824 bits per heavy atom. The van der Waals surface area contributed by atoms with Crippen molar-refractivity contribution >= 4 is 11.8 Å². The van der Waals surface area contributed by atoms with Gasteiger partial charge >= 0.3 is 12.1 Å². The summed E-state index contributed by atoms with van der Waals surface area (Å²) >= 11 is 0. The van der Waals surface area contributed by atoms with E-state index in [9.17, 15) is 22.8 Å². The maximum atomic E-state index is 11.8. The van der Waals surface area contributed by atoms with Crippen molar-refractivity contribution in [2.45, 2.75) is 57.5 Å². The summed E-state index contributed by atoms with van der Waals surface area (Å²) < 4.78 is 35.4. The summed E-state index contributed by atoms with van der Waals surface area (Å²) in [5.41, 5.74) is 0. The molecule has 0 saturated heterocycles. The Hall–Kier alpha value is -1.07. The first-order chi connectivity index (χ1) is 7.84. The summed E-state index contributed by atoms with van der Waals surface area (Å²) in [6.07, 6.45) is -1.30. The molecule has 100 valence electrons. The normalized spacial score (nSPS) is 11.5. The fraction of sp³-hybridized carbons (Fsp3) is 0.818. The summed E-state index contributed by atoms with van der Waals surface area (Å²) in [6.45, 7) is 0. The van der Waals surface area contributed by atoms with Crippen molar-refractivity contribution in [1.82, 2.24) is 0 Å². The number of hydrogen-bond donors (Lipinski definition) is 1. The van der Waals surface area contributed by atoms with E-state index in [4.69, 9.17) is 5.11 Å². The monoisotopic (exact) mass is 254 g/mol. The summed E-state index contributed by atoms with van der Waals surface area (Å²) in [5, 5.41) is 8.35. The van der Waals surface area contributed by atoms with Gasteiger partial charge in [0.15, 0.2) is 0 Å². The maximum Gasteiger partial charge on any atom is 0.449 e. The standard InChI is InChI=1S/C11H17F3O3/c12-11(13,14)9(15)7-5-3-1-2-4-6-8-10(16)17/h1-8H2,(H,16,17). The molecule has 0 atom stereocenters. The third kappa shape index (κ3) is 9.84. The highest BCUT2D eigenvalue weighted by Gasteiger charge is 2.36. The molecule has 0 heterocycles. The van der Waals surface area contributed by atoms with Gasteiger partial charge in [0.25, 0.3) is 0 Å². The van der Waals surface area contributed by atoms with Crippen LogP contribution in [0.3, 0.4) is 0 Å². The summed E-state index contributed by atoms with van der Waals surface area (Å²) in [4.78, 5) is 20.6. The summed E-state index contributed by atoms with van der Waals surface area (Å²) in [7, 11) is 0. The zero-order chi connectivity index (χ0) is 13.3. The SMILES string of the molecule is O=C(O)CCCCCCCCC(=O)C(F)(F)F. The highest BCUT2D eigenvalue weighted by Crippen LogP contribution is 2.19. The quantitative estimate of drug-likeness (QED) is 0.642. The minimum Gasteiger partial charge on any atom is -0.481 e. The van der Waals surface area contributed by atoms with E-state index < -0.39 is 24.3 Å². The first-order valence-electron chi connectivity index (χ1n) is 5.66. The molecule has 0 aliphatic rings. The Morgan fingerprint density at radius 2 is 1.24 bits per heavy atom. The smallest absolute Gasteiger partial charge is 0.449 e. The number of carboxylic acid groups (broad SMARTS) is 1. The van der Waals surface area contributed by atoms with Crippen LogP contribution in [0.4, 0.5) is 13.2 Å². The van der Waals surface area contributed by atoms with E-state index in [1.54, 1.807) is 0 Å². The van der Waals surface area contributed by atoms with Gasteiger partial charge in [-0.2, -0.15) is 13.2 Å². The van der Waals surface area contributed by atoms with Crippen molar-refractivity contribution in [1.29, 1.82) is 0 Å². The lowest BCUT2D eigenvalue weighted by molar-refractivity contribution is -0.171. The predicted octanol–water partition coefficient (Wildman–Crippen LogP) is 3.32. The minimum atomic E-state index is -4.71. The Labute approximate surface area is 98.0 Å². The van der Waals surface area contributed by atoms with Crippen LogP contribution in [0.5, 0.6) is 0 Å². The fourth-order valence-corrected chi connectivity index (χ4v) is 1.41. The Morgan fingerprint density at radius 3 is 1.65 bits per heavy atom. The lowest BCUT2D eigenvalue weighted by atomic mass is 10.1. The van der Waals surface area contributed by atoms with E-state index in [0.29, 0.717) is 12.8 Å². The van der Waals surface area contributed by atoms with Crippen LogP contribution in [-0.4, -0.2) is 23.0 Å². The number of carboxylic acids is 1. The van der Waals surface area contributed by atoms with E-state index in [2.05, 4.69) is 0 Å². The Bertz CT molecular complexity index is 249. The number of alkyl halides is 3. The zero-order valence-electron chi connectivity index (χ0n) is 9.55. The van der Waals surface area contributed by atoms with Crippen LogP contribution in [0.2, 0.25) is 0 Å². The van der Waals surface area contributed by atoms with E-state index in [-0.39, 0.29) is 12.8 Å². The molecule has 0 bridgehead atoms. The number of Topliss-reactive ketones (excluding diaryl/α,β-unsaturated/α-hetero) is 1. The second-order valence-electron chi connectivity index (χ2n) is 3.94. The van der Waals surface area contributed by atoms with Crippen molar-refractivity contribution in [3.05, 3.63) is 0 Å². The van der Waals surface area contributed by atoms with Gasteiger partial charge in [0.1, 0.15) is 0 Å². The number of rotatable bonds is 9. The van der Waals surface area contributed by atoms with Gasteiger partial charge in [0.2, 0.25) is 5.78 Å². The predicted molar refractivity (Wildman–Crippen MR) is 55.6 cm³/mol. The van der Waals surface area contributed by atoms with E-state index in [0.717, 1.165) is 19.3 Å². The minimum absolute atomic E-state index is 0.132. The van der Waals surface area contributed by atoms with Crippen molar-refractivity contribution in [2.75, 3.05) is 0 Å². The van der Waals surface area contributed by atoms with Gasteiger partial charge in [-0.15, -0.1) is 0 Å². The van der Waals surface area contributed by atoms with Gasteiger partial charge in [-0.25, -0.2) is 0 Å². The first-order valence-corrected chi connectivity index (χ1v) is 5.66. The fourth-order valence-electron chi connectivity index (χ4n) is 1.41. The molecule has 0 radical (unpaired) electrons. The maximum absolute atomic E-state index is 11.8. The number of aliphatic carboxylic acids is 1. The van der Waals surface area contributed by atoms with Crippen molar-refractivity contribution in [3.8, 4) is 0 Å². The van der Waals surface area contributed by atoms with Gasteiger partial charge in [-0.3, -0.25) is 9.59 Å². The van der Waals surface area contributed by atoms with Crippen molar-refractivity contribution < 1.29 is 27.9 Å². The average Bonchev–Trinajstić information content (AvgIpc) is 2.19. The van der Waals surface area contributed by atoms with E-state index in [1.807, 2.05) is 0 Å². The van der Waals surface area contributed by atoms with E-state index >= 15 is 0 Å². The third-order valence-corrected chi connectivity index (χ3v) is 2.36. The molecular weight excluding hydrogens is 237 g/mol. The third-order valence-electron chi connectivity index (χ3n) is 2.36. The topological polar surface area (TPSA) is 54.4 Å².